The van der Waals surface area contributed by atoms with Gasteiger partial charge in [-0.15, -0.1) is 0 Å². The van der Waals surface area contributed by atoms with Gasteiger partial charge in [0.25, 0.3) is 0 Å². The average molecular weight is 473 g/mol. The minimum absolute atomic E-state index is 0.256. The van der Waals surface area contributed by atoms with Crippen LogP contribution in [0, 0.1) is 5.92 Å². The first kappa shape index (κ1) is 22.1. The van der Waals surface area contributed by atoms with Crippen molar-refractivity contribution in [1.82, 2.24) is 9.97 Å². The van der Waals surface area contributed by atoms with Gasteiger partial charge in [0, 0.05) is 22.6 Å². The van der Waals surface area contributed by atoms with E-state index in [0.29, 0.717) is 16.6 Å². The number of halogens is 1. The molecule has 2 aromatic heterocycles. The first-order valence-corrected chi connectivity index (χ1v) is 11.5. The Morgan fingerprint density at radius 1 is 0.941 bits per heavy atom. The van der Waals surface area contributed by atoms with Crippen molar-refractivity contribution < 1.29 is 13.9 Å². The van der Waals surface area contributed by atoms with E-state index in [2.05, 4.69) is 18.0 Å². The molecule has 0 amide bonds. The number of nitrogens with zero attached hydrogens (tertiary/aromatic N) is 1. The van der Waals surface area contributed by atoms with Gasteiger partial charge in [-0.05, 0) is 66.1 Å². The van der Waals surface area contributed by atoms with Crippen molar-refractivity contribution in [2.45, 2.75) is 13.3 Å². The molecule has 0 saturated carbocycles. The summed E-state index contributed by atoms with van der Waals surface area (Å²) < 4.78 is 17.0. The molecule has 1 N–H and O–H groups in total. The summed E-state index contributed by atoms with van der Waals surface area (Å²) in [6.45, 7) is 2.19. The van der Waals surface area contributed by atoms with E-state index in [9.17, 15) is 0 Å². The van der Waals surface area contributed by atoms with Crippen molar-refractivity contribution in [2.75, 3.05) is 14.2 Å². The highest BCUT2D eigenvalue weighted by Crippen LogP contribution is 2.39. The lowest BCUT2D eigenvalue weighted by Crippen LogP contribution is -2.07. The summed E-state index contributed by atoms with van der Waals surface area (Å²) in [6, 6.07) is 19.4. The van der Waals surface area contributed by atoms with Gasteiger partial charge in [-0.25, -0.2) is 4.98 Å². The third-order valence-corrected chi connectivity index (χ3v) is 6.29. The molecule has 5 nitrogen and oxygen atoms in total. The van der Waals surface area contributed by atoms with Crippen LogP contribution in [0.1, 0.15) is 19.0 Å². The van der Waals surface area contributed by atoms with E-state index in [1.807, 2.05) is 66.7 Å². The number of aromatic amines is 1. The third-order valence-electron chi connectivity index (χ3n) is 6.05. The monoisotopic (exact) mass is 472 g/mol. The highest BCUT2D eigenvalue weighted by molar-refractivity contribution is 6.30. The van der Waals surface area contributed by atoms with Crippen LogP contribution in [0.4, 0.5) is 0 Å². The van der Waals surface area contributed by atoms with E-state index in [1.165, 1.54) is 0 Å². The molecular weight excluding hydrogens is 448 g/mol. The first-order valence-electron chi connectivity index (χ1n) is 11.1. The van der Waals surface area contributed by atoms with E-state index < -0.39 is 0 Å². The van der Waals surface area contributed by atoms with Crippen LogP contribution >= 0.6 is 11.6 Å². The second-order valence-corrected chi connectivity index (χ2v) is 8.71. The molecule has 5 rings (SSSR count). The Hall–Kier alpha value is -3.70. The molecule has 1 unspecified atom stereocenters. The quantitative estimate of drug-likeness (QED) is 0.313. The van der Waals surface area contributed by atoms with Crippen molar-refractivity contribution in [2.24, 2.45) is 5.92 Å². The summed E-state index contributed by atoms with van der Waals surface area (Å²) >= 11 is 6.16. The van der Waals surface area contributed by atoms with Crippen LogP contribution in [0.15, 0.2) is 83.0 Å². The smallest absolute Gasteiger partial charge is 0.174 e. The Morgan fingerprint density at radius 2 is 1.74 bits per heavy atom. The predicted octanol–water partition coefficient (Wildman–Crippen LogP) is 7.62. The van der Waals surface area contributed by atoms with Gasteiger partial charge in [-0.2, -0.15) is 0 Å². The first-order chi connectivity index (χ1) is 16.6. The van der Waals surface area contributed by atoms with Gasteiger partial charge in [-0.3, -0.25) is 0 Å². The Balaban J connectivity index is 1.60. The Kier molecular flexibility index (Phi) is 6.03. The molecular formula is C28H25ClN2O3. The van der Waals surface area contributed by atoms with Crippen LogP contribution in [0.25, 0.3) is 39.7 Å². The zero-order valence-corrected chi connectivity index (χ0v) is 20.0. The lowest BCUT2D eigenvalue weighted by Gasteiger charge is -2.20. The van der Waals surface area contributed by atoms with Gasteiger partial charge in [0.2, 0.25) is 0 Å². The van der Waals surface area contributed by atoms with Crippen molar-refractivity contribution in [3.05, 3.63) is 89.3 Å². The Morgan fingerprint density at radius 3 is 2.44 bits per heavy atom. The number of furan rings is 1. The second kappa shape index (κ2) is 9.27. The van der Waals surface area contributed by atoms with Crippen LogP contribution in [0.3, 0.4) is 0 Å². The molecule has 1 atom stereocenters. The maximum atomic E-state index is 6.18. The zero-order valence-electron chi connectivity index (χ0n) is 19.3. The molecule has 2 aromatic carbocycles. The maximum Gasteiger partial charge on any atom is 0.174 e. The summed E-state index contributed by atoms with van der Waals surface area (Å²) in [5.74, 6) is 4.10. The van der Waals surface area contributed by atoms with Gasteiger partial charge < -0.3 is 18.9 Å². The number of ether oxygens (including phenoxy) is 2. The van der Waals surface area contributed by atoms with E-state index in [1.54, 1.807) is 14.2 Å². The topological polar surface area (TPSA) is 60.3 Å². The minimum atomic E-state index is 0.256. The SMILES string of the molecule is COC1=CC=C(c2nc(-c3ccc(-c4cccc(Cl)c4)o3)[nH]c2-c2ccc(OC)cc2)C(C)C1. The molecule has 0 aliphatic heterocycles. The number of methoxy groups -OCH3 is 2. The summed E-state index contributed by atoms with van der Waals surface area (Å²) in [5.41, 5.74) is 4.92. The molecule has 0 saturated heterocycles. The maximum absolute atomic E-state index is 6.18. The lowest BCUT2D eigenvalue weighted by atomic mass is 9.88. The fourth-order valence-corrected chi connectivity index (χ4v) is 4.41. The second-order valence-electron chi connectivity index (χ2n) is 8.28. The molecule has 0 fully saturated rings. The summed E-state index contributed by atoms with van der Waals surface area (Å²) in [6.07, 6.45) is 4.94. The number of imidazole rings is 1. The van der Waals surface area contributed by atoms with E-state index in [4.69, 9.17) is 30.5 Å². The van der Waals surface area contributed by atoms with E-state index in [-0.39, 0.29) is 5.92 Å². The van der Waals surface area contributed by atoms with E-state index in [0.717, 1.165) is 51.8 Å². The third kappa shape index (κ3) is 4.27. The largest absolute Gasteiger partial charge is 0.501 e. The van der Waals surface area contributed by atoms with Gasteiger partial charge in [0.05, 0.1) is 31.4 Å². The minimum Gasteiger partial charge on any atom is -0.501 e. The number of benzene rings is 2. The van der Waals surface area contributed by atoms with Crippen LogP contribution in [0.2, 0.25) is 5.02 Å². The molecule has 34 heavy (non-hydrogen) atoms. The highest BCUT2D eigenvalue weighted by Gasteiger charge is 2.24. The normalized spacial score (nSPS) is 15.6. The molecule has 1 aliphatic rings. The van der Waals surface area contributed by atoms with Gasteiger partial charge in [0.15, 0.2) is 11.6 Å². The number of allylic oxidation sites excluding steroid dienone is 4. The molecule has 0 radical (unpaired) electrons. The summed E-state index contributed by atoms with van der Waals surface area (Å²) in [7, 11) is 3.37. The molecule has 2 heterocycles. The highest BCUT2D eigenvalue weighted by atomic mass is 35.5. The number of aromatic nitrogens is 2. The van der Waals surface area contributed by atoms with Crippen LogP contribution in [-0.4, -0.2) is 24.2 Å². The van der Waals surface area contributed by atoms with Crippen molar-refractivity contribution in [3.63, 3.8) is 0 Å². The molecule has 0 spiro atoms. The number of rotatable bonds is 6. The average Bonchev–Trinajstić information content (AvgIpc) is 3.52. The molecule has 0 bridgehead atoms. The number of hydrogen-bond donors (Lipinski definition) is 1. The van der Waals surface area contributed by atoms with Gasteiger partial charge >= 0.3 is 0 Å². The van der Waals surface area contributed by atoms with Crippen LogP contribution < -0.4 is 4.74 Å². The molecule has 172 valence electrons. The predicted molar refractivity (Wildman–Crippen MR) is 136 cm³/mol. The fourth-order valence-electron chi connectivity index (χ4n) is 4.22. The van der Waals surface area contributed by atoms with Gasteiger partial charge in [-0.1, -0.05) is 36.7 Å². The van der Waals surface area contributed by atoms with Crippen molar-refractivity contribution in [1.29, 1.82) is 0 Å². The standard InChI is InChI=1S/C28H25ClN2O3/c1-17-15-22(33-3)11-12-23(17)27-26(18-7-9-21(32-2)10-8-18)30-28(31-27)25-14-13-24(34-25)19-5-4-6-20(29)16-19/h4-14,16-17H,15H2,1-3H3,(H,30,31). The van der Waals surface area contributed by atoms with Gasteiger partial charge in [0.1, 0.15) is 11.5 Å². The molecule has 4 aromatic rings. The lowest BCUT2D eigenvalue weighted by molar-refractivity contribution is 0.268. The number of hydrogen-bond acceptors (Lipinski definition) is 4. The Bertz CT molecular complexity index is 1380. The molecule has 6 heteroatoms. The molecule has 1 aliphatic carbocycles. The number of H-pyrrole nitrogens is 1. The van der Waals surface area contributed by atoms with Crippen LogP contribution in [0.5, 0.6) is 5.75 Å². The summed E-state index contributed by atoms with van der Waals surface area (Å²) in [4.78, 5) is 8.51. The fraction of sp³-hybridized carbons (Fsp3) is 0.179. The zero-order chi connectivity index (χ0) is 23.7. The van der Waals surface area contributed by atoms with E-state index >= 15 is 0 Å². The summed E-state index contributed by atoms with van der Waals surface area (Å²) in [5, 5.41) is 0.666. The van der Waals surface area contributed by atoms with Crippen molar-refractivity contribution >= 4 is 17.2 Å². The Labute approximate surface area is 203 Å². The number of nitrogens with one attached hydrogen (secondary N) is 1. The van der Waals surface area contributed by atoms with Crippen LogP contribution in [-0.2, 0) is 4.74 Å². The van der Waals surface area contributed by atoms with Crippen molar-refractivity contribution in [3.8, 4) is 39.9 Å².